The van der Waals surface area contributed by atoms with Crippen LogP contribution >= 0.6 is 23.2 Å². The molecule has 1 heterocycles. The van der Waals surface area contributed by atoms with Crippen molar-refractivity contribution < 1.29 is 4.79 Å². The summed E-state index contributed by atoms with van der Waals surface area (Å²) in [6.07, 6.45) is 3.02. The monoisotopic (exact) mass is 403 g/mol. The summed E-state index contributed by atoms with van der Waals surface area (Å²) in [5.41, 5.74) is 1.25. The van der Waals surface area contributed by atoms with E-state index >= 15 is 0 Å². The number of carbonyl (C=O) groups excluding carboxylic acids is 1. The highest BCUT2D eigenvalue weighted by Gasteiger charge is 2.13. The Morgan fingerprint density at radius 1 is 1.22 bits per heavy atom. The van der Waals surface area contributed by atoms with Gasteiger partial charge in [0.2, 0.25) is 5.91 Å². The van der Waals surface area contributed by atoms with Gasteiger partial charge in [-0.25, -0.2) is 4.98 Å². The second-order valence-corrected chi connectivity index (χ2v) is 7.30. The molecule has 27 heavy (non-hydrogen) atoms. The van der Waals surface area contributed by atoms with E-state index in [2.05, 4.69) is 22.4 Å². The Bertz CT molecular complexity index is 1020. The number of halogens is 2. The number of nitrogens with one attached hydrogen (secondary N) is 1. The summed E-state index contributed by atoms with van der Waals surface area (Å²) >= 11 is 12.0. The number of rotatable bonds is 6. The maximum Gasteiger partial charge on any atom is 0.261 e. The van der Waals surface area contributed by atoms with Crippen LogP contribution in [0.2, 0.25) is 10.0 Å². The molecule has 0 fully saturated rings. The summed E-state index contributed by atoms with van der Waals surface area (Å²) in [5, 5.41) is 3.87. The number of nitrogens with zero attached hydrogens (tertiary/aromatic N) is 2. The van der Waals surface area contributed by atoms with Crippen LogP contribution in [0.25, 0.3) is 10.9 Å². The third-order valence-electron chi connectivity index (χ3n) is 4.28. The van der Waals surface area contributed by atoms with Crippen LogP contribution in [-0.2, 0) is 17.8 Å². The second kappa shape index (κ2) is 8.55. The van der Waals surface area contributed by atoms with Crippen molar-refractivity contribution in [1.29, 1.82) is 0 Å². The van der Waals surface area contributed by atoms with E-state index in [0.717, 1.165) is 12.8 Å². The lowest BCUT2D eigenvalue weighted by Crippen LogP contribution is -2.37. The summed E-state index contributed by atoms with van der Waals surface area (Å²) in [5.74, 6) is -0.244. The van der Waals surface area contributed by atoms with Crippen LogP contribution in [0.4, 0.5) is 0 Å². The summed E-state index contributed by atoms with van der Waals surface area (Å²) < 4.78 is 1.26. The molecule has 0 spiro atoms. The Morgan fingerprint density at radius 3 is 2.70 bits per heavy atom. The fourth-order valence-corrected chi connectivity index (χ4v) is 3.42. The molecule has 3 rings (SSSR count). The maximum atomic E-state index is 12.6. The standard InChI is InChI=1S/C20H19Cl2N3O2/c1-13(7-8-14-5-3-2-4-6-14)24-18(26)11-25-12-23-19-16(20(25)27)9-15(21)10-17(19)22/h2-6,9-10,12-13H,7-8,11H2,1H3,(H,24,26)/t13-/m1/s1. The molecule has 3 aromatic rings. The van der Waals surface area contributed by atoms with E-state index in [-0.39, 0.29) is 24.1 Å². The quantitative estimate of drug-likeness (QED) is 0.679. The number of aryl methyl sites for hydroxylation is 1. The van der Waals surface area contributed by atoms with Gasteiger partial charge in [0.1, 0.15) is 6.54 Å². The zero-order valence-electron chi connectivity index (χ0n) is 14.8. The number of aromatic nitrogens is 2. The van der Waals surface area contributed by atoms with Crippen molar-refractivity contribution in [2.24, 2.45) is 0 Å². The van der Waals surface area contributed by atoms with E-state index in [1.54, 1.807) is 0 Å². The topological polar surface area (TPSA) is 64.0 Å². The Labute approximate surface area is 166 Å². The second-order valence-electron chi connectivity index (χ2n) is 6.45. The summed E-state index contributed by atoms with van der Waals surface area (Å²) in [7, 11) is 0. The van der Waals surface area contributed by atoms with Crippen molar-refractivity contribution in [2.45, 2.75) is 32.4 Å². The lowest BCUT2D eigenvalue weighted by Gasteiger charge is -2.14. The molecule has 0 unspecified atom stereocenters. The average Bonchev–Trinajstić information content (AvgIpc) is 2.63. The van der Waals surface area contributed by atoms with Gasteiger partial charge in [-0.3, -0.25) is 14.2 Å². The molecule has 1 atom stereocenters. The molecule has 0 aliphatic carbocycles. The molecule has 0 aliphatic heterocycles. The van der Waals surface area contributed by atoms with Gasteiger partial charge in [-0.1, -0.05) is 53.5 Å². The number of benzene rings is 2. The van der Waals surface area contributed by atoms with Crippen molar-refractivity contribution in [2.75, 3.05) is 0 Å². The van der Waals surface area contributed by atoms with Crippen LogP contribution in [0.5, 0.6) is 0 Å². The van der Waals surface area contributed by atoms with Crippen molar-refractivity contribution in [3.05, 3.63) is 74.8 Å². The van der Waals surface area contributed by atoms with E-state index in [4.69, 9.17) is 23.2 Å². The lowest BCUT2D eigenvalue weighted by molar-refractivity contribution is -0.122. The van der Waals surface area contributed by atoms with Crippen molar-refractivity contribution in [1.82, 2.24) is 14.9 Å². The van der Waals surface area contributed by atoms with Crippen LogP contribution < -0.4 is 10.9 Å². The predicted octanol–water partition coefficient (Wildman–Crippen LogP) is 3.84. The molecule has 1 aromatic heterocycles. The summed E-state index contributed by atoms with van der Waals surface area (Å²) in [4.78, 5) is 29.1. The van der Waals surface area contributed by atoms with E-state index < -0.39 is 0 Å². The zero-order valence-corrected chi connectivity index (χ0v) is 16.3. The third kappa shape index (κ3) is 4.87. The zero-order chi connectivity index (χ0) is 19.4. The summed E-state index contributed by atoms with van der Waals surface area (Å²) in [6.45, 7) is 1.84. The van der Waals surface area contributed by atoms with Gasteiger partial charge in [-0.15, -0.1) is 0 Å². The van der Waals surface area contributed by atoms with E-state index in [1.165, 1.54) is 28.6 Å². The van der Waals surface area contributed by atoms with E-state index in [0.29, 0.717) is 20.9 Å². The molecule has 140 valence electrons. The Hall–Kier alpha value is -2.37. The molecule has 0 saturated carbocycles. The average molecular weight is 404 g/mol. The van der Waals surface area contributed by atoms with Crippen LogP contribution in [0.3, 0.4) is 0 Å². The number of fused-ring (bicyclic) bond motifs is 1. The summed E-state index contributed by atoms with van der Waals surface area (Å²) in [6, 6.07) is 13.1. The molecule has 1 amide bonds. The molecule has 5 nitrogen and oxygen atoms in total. The molecular weight excluding hydrogens is 385 g/mol. The lowest BCUT2D eigenvalue weighted by atomic mass is 10.1. The van der Waals surface area contributed by atoms with Gasteiger partial charge in [0.25, 0.3) is 5.56 Å². The van der Waals surface area contributed by atoms with Crippen LogP contribution in [0, 0.1) is 0 Å². The highest BCUT2D eigenvalue weighted by molar-refractivity contribution is 6.38. The van der Waals surface area contributed by atoms with Gasteiger partial charge in [-0.2, -0.15) is 0 Å². The van der Waals surface area contributed by atoms with E-state index in [1.807, 2.05) is 25.1 Å². The Balaban J connectivity index is 1.65. The number of amides is 1. The first-order chi connectivity index (χ1) is 12.9. The normalized spacial score (nSPS) is 12.1. The number of hydrogen-bond donors (Lipinski definition) is 1. The molecule has 0 radical (unpaired) electrons. The molecule has 0 saturated heterocycles. The van der Waals surface area contributed by atoms with Crippen LogP contribution in [-0.4, -0.2) is 21.5 Å². The minimum absolute atomic E-state index is 0.00860. The predicted molar refractivity (Wildman–Crippen MR) is 108 cm³/mol. The minimum Gasteiger partial charge on any atom is -0.352 e. The first kappa shape index (κ1) is 19.4. The van der Waals surface area contributed by atoms with Gasteiger partial charge >= 0.3 is 0 Å². The van der Waals surface area contributed by atoms with Gasteiger partial charge in [0, 0.05) is 11.1 Å². The SMILES string of the molecule is C[C@H](CCc1ccccc1)NC(=O)Cn1cnc2c(Cl)cc(Cl)cc2c1=O. The number of carbonyl (C=O) groups is 1. The first-order valence-electron chi connectivity index (χ1n) is 8.61. The molecule has 0 aliphatic rings. The Kier molecular flexibility index (Phi) is 6.14. The highest BCUT2D eigenvalue weighted by Crippen LogP contribution is 2.23. The van der Waals surface area contributed by atoms with Crippen molar-refractivity contribution in [3.8, 4) is 0 Å². The van der Waals surface area contributed by atoms with Gasteiger partial charge in [0.05, 0.1) is 22.3 Å². The molecule has 1 N–H and O–H groups in total. The number of hydrogen-bond acceptors (Lipinski definition) is 3. The van der Waals surface area contributed by atoms with Crippen molar-refractivity contribution >= 4 is 40.0 Å². The molecule has 0 bridgehead atoms. The Morgan fingerprint density at radius 2 is 1.96 bits per heavy atom. The molecular formula is C20H19Cl2N3O2. The minimum atomic E-state index is -0.350. The highest BCUT2D eigenvalue weighted by atomic mass is 35.5. The van der Waals surface area contributed by atoms with Gasteiger partial charge < -0.3 is 5.32 Å². The molecule has 2 aromatic carbocycles. The first-order valence-corrected chi connectivity index (χ1v) is 9.37. The third-order valence-corrected chi connectivity index (χ3v) is 4.78. The van der Waals surface area contributed by atoms with E-state index in [9.17, 15) is 9.59 Å². The smallest absolute Gasteiger partial charge is 0.261 e. The largest absolute Gasteiger partial charge is 0.352 e. The maximum absolute atomic E-state index is 12.6. The van der Waals surface area contributed by atoms with Crippen LogP contribution in [0.1, 0.15) is 18.9 Å². The van der Waals surface area contributed by atoms with Gasteiger partial charge in [-0.05, 0) is 37.5 Å². The van der Waals surface area contributed by atoms with Gasteiger partial charge in [0.15, 0.2) is 0 Å². The van der Waals surface area contributed by atoms with Crippen LogP contribution in [0.15, 0.2) is 53.6 Å². The fourth-order valence-electron chi connectivity index (χ4n) is 2.88. The van der Waals surface area contributed by atoms with Crippen molar-refractivity contribution in [3.63, 3.8) is 0 Å². The molecule has 7 heteroatoms. The fraction of sp³-hybridized carbons (Fsp3) is 0.250.